The van der Waals surface area contributed by atoms with E-state index in [9.17, 15) is 4.79 Å². The lowest BCUT2D eigenvalue weighted by Crippen LogP contribution is -2.19. The maximum absolute atomic E-state index is 12.2. The van der Waals surface area contributed by atoms with Gasteiger partial charge >= 0.3 is 0 Å². The highest BCUT2D eigenvalue weighted by molar-refractivity contribution is 6.29. The van der Waals surface area contributed by atoms with Crippen molar-refractivity contribution in [3.05, 3.63) is 36.0 Å². The Morgan fingerprint density at radius 2 is 2.05 bits per heavy atom. The third kappa shape index (κ3) is 2.87. The average Bonchev–Trinajstić information content (AvgIpc) is 3.04. The summed E-state index contributed by atoms with van der Waals surface area (Å²) >= 11 is 6.02. The molecule has 0 amide bonds. The van der Waals surface area contributed by atoms with Crippen LogP contribution in [0.3, 0.4) is 0 Å². The third-order valence-electron chi connectivity index (χ3n) is 3.15. The van der Waals surface area contributed by atoms with Crippen LogP contribution < -0.4 is 0 Å². The van der Waals surface area contributed by atoms with Gasteiger partial charge in [-0.1, -0.05) is 32.4 Å². The van der Waals surface area contributed by atoms with E-state index in [-0.39, 0.29) is 11.3 Å². The maximum Gasteiger partial charge on any atom is 0.247 e. The molecule has 3 aromatic heterocycles. The largest absolute Gasteiger partial charge is 0.273 e. The van der Waals surface area contributed by atoms with E-state index in [1.54, 1.807) is 29.3 Å². The zero-order chi connectivity index (χ0) is 15.9. The molecule has 22 heavy (non-hydrogen) atoms. The molecule has 0 saturated heterocycles. The normalized spacial score (nSPS) is 12.0. The topological polar surface area (TPSA) is 65.1 Å². The second-order valence-corrected chi connectivity index (χ2v) is 6.77. The van der Waals surface area contributed by atoms with Gasteiger partial charge in [-0.25, -0.2) is 14.2 Å². The maximum atomic E-state index is 12.2. The molecule has 0 fully saturated rings. The van der Waals surface area contributed by atoms with Crippen molar-refractivity contribution in [1.82, 2.24) is 24.4 Å². The van der Waals surface area contributed by atoms with E-state index in [1.807, 2.05) is 26.8 Å². The first-order valence-corrected chi connectivity index (χ1v) is 7.29. The number of hydrogen-bond donors (Lipinski definition) is 0. The summed E-state index contributed by atoms with van der Waals surface area (Å²) in [6, 6.07) is 1.84. The number of carbonyl (C=O) groups is 1. The molecule has 0 saturated carbocycles. The smallest absolute Gasteiger partial charge is 0.247 e. The van der Waals surface area contributed by atoms with E-state index in [2.05, 4.69) is 15.2 Å². The first-order valence-electron chi connectivity index (χ1n) is 6.92. The minimum absolute atomic E-state index is 0.0506. The van der Waals surface area contributed by atoms with Crippen molar-refractivity contribution in [2.75, 3.05) is 0 Å². The average molecular weight is 318 g/mol. The second kappa shape index (κ2) is 5.21. The molecule has 0 atom stereocenters. The molecule has 0 aromatic carbocycles. The highest BCUT2D eigenvalue weighted by Crippen LogP contribution is 2.25. The van der Waals surface area contributed by atoms with Crippen LogP contribution in [0.25, 0.3) is 16.8 Å². The Labute approximate surface area is 132 Å². The fourth-order valence-electron chi connectivity index (χ4n) is 2.23. The van der Waals surface area contributed by atoms with Crippen molar-refractivity contribution in [3.63, 3.8) is 0 Å². The van der Waals surface area contributed by atoms with Crippen molar-refractivity contribution in [2.45, 2.75) is 27.2 Å². The molecule has 0 N–H and O–H groups in total. The second-order valence-electron chi connectivity index (χ2n) is 6.38. The number of carbonyl (C=O) groups excluding carboxylic acids is 1. The van der Waals surface area contributed by atoms with Crippen molar-refractivity contribution in [1.29, 1.82) is 0 Å². The van der Waals surface area contributed by atoms with Crippen LogP contribution in [0.15, 0.2) is 30.9 Å². The van der Waals surface area contributed by atoms with Gasteiger partial charge in [0.25, 0.3) is 0 Å². The van der Waals surface area contributed by atoms with E-state index in [0.717, 1.165) is 11.1 Å². The molecule has 3 heterocycles. The van der Waals surface area contributed by atoms with Gasteiger partial charge in [-0.05, 0) is 11.5 Å². The van der Waals surface area contributed by atoms with Crippen LogP contribution in [0.1, 0.15) is 32.0 Å². The minimum Gasteiger partial charge on any atom is -0.273 e. The van der Waals surface area contributed by atoms with Crippen LogP contribution in [-0.2, 0) is 0 Å². The van der Waals surface area contributed by atoms with Gasteiger partial charge in [0.2, 0.25) is 5.91 Å². The zero-order valence-corrected chi connectivity index (χ0v) is 13.4. The predicted octanol–water partition coefficient (Wildman–Crippen LogP) is 3.32. The summed E-state index contributed by atoms with van der Waals surface area (Å²) in [5.41, 5.74) is 2.11. The molecule has 3 aromatic rings. The fourth-order valence-corrected chi connectivity index (χ4v) is 2.40. The third-order valence-corrected chi connectivity index (χ3v) is 3.34. The van der Waals surface area contributed by atoms with Gasteiger partial charge in [0.05, 0.1) is 24.1 Å². The van der Waals surface area contributed by atoms with Crippen molar-refractivity contribution in [3.8, 4) is 11.3 Å². The Hall–Kier alpha value is -2.21. The van der Waals surface area contributed by atoms with E-state index in [4.69, 9.17) is 11.6 Å². The summed E-state index contributed by atoms with van der Waals surface area (Å²) in [5, 5.41) is 8.64. The zero-order valence-electron chi connectivity index (χ0n) is 12.6. The van der Waals surface area contributed by atoms with Gasteiger partial charge < -0.3 is 0 Å². The van der Waals surface area contributed by atoms with Crippen LogP contribution in [0.2, 0.25) is 5.15 Å². The van der Waals surface area contributed by atoms with E-state index in [0.29, 0.717) is 17.3 Å². The molecular weight excluding hydrogens is 302 g/mol. The van der Waals surface area contributed by atoms with Gasteiger partial charge in [0.15, 0.2) is 0 Å². The molecule has 0 aliphatic heterocycles. The number of fused-ring (bicyclic) bond motifs is 1. The highest BCUT2D eigenvalue weighted by Gasteiger charge is 2.19. The van der Waals surface area contributed by atoms with E-state index in [1.165, 1.54) is 4.68 Å². The summed E-state index contributed by atoms with van der Waals surface area (Å²) in [6.45, 7) is 6.05. The summed E-state index contributed by atoms with van der Waals surface area (Å²) < 4.78 is 3.01. The first-order chi connectivity index (χ1) is 10.3. The number of aromatic nitrogens is 5. The quantitative estimate of drug-likeness (QED) is 0.727. The summed E-state index contributed by atoms with van der Waals surface area (Å²) in [7, 11) is 0. The summed E-state index contributed by atoms with van der Waals surface area (Å²) in [4.78, 5) is 16.6. The Bertz CT molecular complexity index is 843. The lowest BCUT2D eigenvalue weighted by Gasteiger charge is -2.16. The Balaban J connectivity index is 1.99. The van der Waals surface area contributed by atoms with Crippen LogP contribution in [0.4, 0.5) is 0 Å². The summed E-state index contributed by atoms with van der Waals surface area (Å²) in [5.74, 6) is -0.0506. The lowest BCUT2D eigenvalue weighted by atomic mass is 9.92. The molecule has 0 radical (unpaired) electrons. The minimum atomic E-state index is -0.0871. The lowest BCUT2D eigenvalue weighted by molar-refractivity contribution is 0.0840. The number of nitrogens with zero attached hydrogens (tertiary/aromatic N) is 5. The molecule has 0 aliphatic carbocycles. The van der Waals surface area contributed by atoms with Gasteiger partial charge in [-0.3, -0.25) is 4.79 Å². The van der Waals surface area contributed by atoms with Crippen molar-refractivity contribution >= 4 is 23.0 Å². The molecule has 7 heteroatoms. The molecule has 0 bridgehead atoms. The molecule has 6 nitrogen and oxygen atoms in total. The van der Waals surface area contributed by atoms with Crippen LogP contribution in [0.5, 0.6) is 0 Å². The fraction of sp³-hybridized carbons (Fsp3) is 0.333. The summed E-state index contributed by atoms with van der Waals surface area (Å²) in [6.07, 6.45) is 7.02. The Morgan fingerprint density at radius 3 is 2.77 bits per heavy atom. The highest BCUT2D eigenvalue weighted by atomic mass is 35.5. The van der Waals surface area contributed by atoms with E-state index < -0.39 is 0 Å². The number of rotatable bonds is 2. The Kier molecular flexibility index (Phi) is 3.48. The van der Waals surface area contributed by atoms with Gasteiger partial charge in [-0.2, -0.15) is 10.2 Å². The van der Waals surface area contributed by atoms with E-state index >= 15 is 0 Å². The van der Waals surface area contributed by atoms with Crippen molar-refractivity contribution in [2.24, 2.45) is 5.41 Å². The number of halogens is 1. The molecule has 114 valence electrons. The van der Waals surface area contributed by atoms with Crippen molar-refractivity contribution < 1.29 is 4.79 Å². The SMILES string of the molecule is CC(C)(C)CC(=O)n1cc(-c2nc(Cl)cn3nccc23)cn1. The molecule has 0 spiro atoms. The molecule has 0 aliphatic rings. The Morgan fingerprint density at radius 1 is 1.27 bits per heavy atom. The van der Waals surface area contributed by atoms with Crippen LogP contribution in [-0.4, -0.2) is 30.3 Å². The molecular formula is C15H16ClN5O. The van der Waals surface area contributed by atoms with Gasteiger partial charge in [-0.15, -0.1) is 0 Å². The van der Waals surface area contributed by atoms with Crippen LogP contribution >= 0.6 is 11.6 Å². The number of hydrogen-bond acceptors (Lipinski definition) is 4. The molecule has 0 unspecified atom stereocenters. The predicted molar refractivity (Wildman–Crippen MR) is 83.9 cm³/mol. The first kappa shape index (κ1) is 14.7. The van der Waals surface area contributed by atoms with Gasteiger partial charge in [0.1, 0.15) is 10.8 Å². The van der Waals surface area contributed by atoms with Crippen LogP contribution in [0, 0.1) is 5.41 Å². The molecule has 3 rings (SSSR count). The standard InChI is InChI=1S/C15H16ClN5O/c1-15(2,3)6-13(22)21-8-10(7-18-21)14-11-4-5-17-20(11)9-12(16)19-14/h4-5,7-9H,6H2,1-3H3. The monoisotopic (exact) mass is 317 g/mol. The van der Waals surface area contributed by atoms with Gasteiger partial charge in [0, 0.05) is 18.2 Å².